The number of nitrogens with one attached hydrogen (secondary N) is 1. The molecule has 0 amide bonds. The molecule has 172 valence electrons. The van der Waals surface area contributed by atoms with E-state index in [1.54, 1.807) is 0 Å². The summed E-state index contributed by atoms with van der Waals surface area (Å²) in [4.78, 5) is 11.9. The Morgan fingerprint density at radius 2 is 1.76 bits per heavy atom. The molecule has 2 aromatic carbocycles. The second-order valence-corrected chi connectivity index (χ2v) is 11.0. The second-order valence-electron chi connectivity index (χ2n) is 9.22. The molecule has 3 fully saturated rings. The molecule has 6 nitrogen and oxygen atoms in total. The van der Waals surface area contributed by atoms with Crippen LogP contribution in [0.1, 0.15) is 35.8 Å². The van der Waals surface area contributed by atoms with E-state index in [1.807, 2.05) is 55.5 Å². The molecule has 4 heterocycles. The number of nitrogens with zero attached hydrogens (tertiary/aromatic N) is 3. The van der Waals surface area contributed by atoms with Crippen molar-refractivity contribution in [2.75, 3.05) is 19.6 Å². The van der Waals surface area contributed by atoms with Crippen molar-refractivity contribution in [1.29, 1.82) is 0 Å². The van der Waals surface area contributed by atoms with Crippen LogP contribution >= 0.6 is 0 Å². The van der Waals surface area contributed by atoms with Crippen molar-refractivity contribution in [2.45, 2.75) is 37.5 Å². The number of aromatic nitrogens is 2. The van der Waals surface area contributed by atoms with Gasteiger partial charge in [-0.05, 0) is 43.9 Å². The van der Waals surface area contributed by atoms with Crippen LogP contribution in [0.4, 0.5) is 0 Å². The number of rotatable bonds is 7. The fourth-order valence-corrected chi connectivity index (χ4v) is 6.47. The zero-order valence-electron chi connectivity index (χ0n) is 18.9. The van der Waals surface area contributed by atoms with Crippen molar-refractivity contribution >= 4 is 10.0 Å². The molecule has 0 radical (unpaired) electrons. The summed E-state index contributed by atoms with van der Waals surface area (Å²) in [5.74, 6) is 1.69. The van der Waals surface area contributed by atoms with Crippen molar-refractivity contribution in [1.82, 2.24) is 19.6 Å². The zero-order valence-corrected chi connectivity index (χ0v) is 19.7. The highest BCUT2D eigenvalue weighted by Crippen LogP contribution is 2.41. The van der Waals surface area contributed by atoms with Crippen molar-refractivity contribution in [2.24, 2.45) is 5.92 Å². The lowest BCUT2D eigenvalue weighted by Gasteiger charge is -2.49. The van der Waals surface area contributed by atoms with Crippen LogP contribution in [0, 0.1) is 12.8 Å². The van der Waals surface area contributed by atoms with E-state index in [0.717, 1.165) is 54.3 Å². The molecule has 3 saturated heterocycles. The Morgan fingerprint density at radius 3 is 2.45 bits per heavy atom. The number of hydrogen-bond acceptors (Lipinski definition) is 5. The number of benzene rings is 2. The summed E-state index contributed by atoms with van der Waals surface area (Å²) >= 11 is 0. The zero-order chi connectivity index (χ0) is 22.8. The Morgan fingerprint density at radius 1 is 1.03 bits per heavy atom. The van der Waals surface area contributed by atoms with Crippen LogP contribution in [0.15, 0.2) is 66.7 Å². The van der Waals surface area contributed by atoms with Crippen molar-refractivity contribution in [3.8, 4) is 11.3 Å². The minimum absolute atomic E-state index is 0.0229. The molecular formula is C26H30N4O2S. The van der Waals surface area contributed by atoms with Gasteiger partial charge in [-0.3, -0.25) is 4.90 Å². The van der Waals surface area contributed by atoms with Crippen molar-refractivity contribution in [3.63, 3.8) is 0 Å². The monoisotopic (exact) mass is 462 g/mol. The molecule has 1 aromatic heterocycles. The van der Waals surface area contributed by atoms with E-state index in [1.165, 1.54) is 0 Å². The molecule has 3 aliphatic rings. The van der Waals surface area contributed by atoms with Gasteiger partial charge in [-0.15, -0.1) is 0 Å². The Labute approximate surface area is 196 Å². The predicted molar refractivity (Wildman–Crippen MR) is 130 cm³/mol. The highest BCUT2D eigenvalue weighted by atomic mass is 32.2. The molecule has 2 bridgehead atoms. The fourth-order valence-electron chi connectivity index (χ4n) is 5.29. The van der Waals surface area contributed by atoms with Gasteiger partial charge in [0.1, 0.15) is 5.82 Å². The molecule has 3 aliphatic heterocycles. The van der Waals surface area contributed by atoms with E-state index >= 15 is 0 Å². The highest BCUT2D eigenvalue weighted by Gasteiger charge is 2.41. The first-order valence-corrected chi connectivity index (χ1v) is 13.3. The number of fused-ring (bicyclic) bond motifs is 3. The van der Waals surface area contributed by atoms with Crippen LogP contribution in [0.25, 0.3) is 11.3 Å². The van der Waals surface area contributed by atoms with Crippen LogP contribution in [-0.4, -0.2) is 49.0 Å². The molecule has 0 aliphatic carbocycles. The van der Waals surface area contributed by atoms with Gasteiger partial charge in [0.2, 0.25) is 10.0 Å². The van der Waals surface area contributed by atoms with Gasteiger partial charge in [-0.1, -0.05) is 60.7 Å². The molecule has 1 N–H and O–H groups in total. The van der Waals surface area contributed by atoms with Crippen LogP contribution in [0.2, 0.25) is 0 Å². The topological polar surface area (TPSA) is 75.2 Å². The summed E-state index contributed by atoms with van der Waals surface area (Å²) in [6.07, 6.45) is 2.11. The molecule has 0 spiro atoms. The first-order chi connectivity index (χ1) is 16.0. The van der Waals surface area contributed by atoms with Crippen LogP contribution < -0.4 is 4.72 Å². The number of aryl methyl sites for hydroxylation is 1. The van der Waals surface area contributed by atoms with Gasteiger partial charge in [-0.2, -0.15) is 0 Å². The minimum atomic E-state index is -3.36. The Balaban J connectivity index is 1.26. The number of sulfonamides is 1. The maximum Gasteiger partial charge on any atom is 0.215 e. The van der Waals surface area contributed by atoms with E-state index in [2.05, 4.69) is 32.8 Å². The minimum Gasteiger partial charge on any atom is -0.298 e. The van der Waals surface area contributed by atoms with Gasteiger partial charge in [-0.25, -0.2) is 23.1 Å². The SMILES string of the molecule is Cc1nc(-c2ccccc2)cc(C2CN3CCC2CC3CNS(=O)(=O)Cc2ccccc2)n1. The summed E-state index contributed by atoms with van der Waals surface area (Å²) in [7, 11) is -3.36. The fraction of sp³-hybridized carbons (Fsp3) is 0.385. The summed E-state index contributed by atoms with van der Waals surface area (Å²) in [5, 5.41) is 0. The van der Waals surface area contributed by atoms with Crippen LogP contribution in [0.3, 0.4) is 0 Å². The van der Waals surface area contributed by atoms with Gasteiger partial charge in [0.25, 0.3) is 0 Å². The first-order valence-electron chi connectivity index (χ1n) is 11.6. The lowest BCUT2D eigenvalue weighted by Crippen LogP contribution is -2.56. The van der Waals surface area contributed by atoms with E-state index in [0.29, 0.717) is 18.4 Å². The van der Waals surface area contributed by atoms with Gasteiger partial charge in [0.15, 0.2) is 0 Å². The summed E-state index contributed by atoms with van der Waals surface area (Å²) in [5.41, 5.74) is 4.00. The van der Waals surface area contributed by atoms with Gasteiger partial charge in [0, 0.05) is 36.3 Å². The third-order valence-electron chi connectivity index (χ3n) is 6.92. The normalized spacial score (nSPS) is 24.6. The van der Waals surface area contributed by atoms with Gasteiger partial charge < -0.3 is 0 Å². The largest absolute Gasteiger partial charge is 0.298 e. The van der Waals surface area contributed by atoms with Gasteiger partial charge in [0.05, 0.1) is 11.4 Å². The van der Waals surface area contributed by atoms with E-state index in [4.69, 9.17) is 4.98 Å². The number of piperidine rings is 3. The lowest BCUT2D eigenvalue weighted by molar-refractivity contribution is 0.0317. The van der Waals surface area contributed by atoms with Crippen LogP contribution in [0.5, 0.6) is 0 Å². The quantitative estimate of drug-likeness (QED) is 0.579. The second kappa shape index (κ2) is 9.33. The average Bonchev–Trinajstić information content (AvgIpc) is 2.84. The van der Waals surface area contributed by atoms with E-state index in [-0.39, 0.29) is 11.8 Å². The molecule has 3 aromatic rings. The molecule has 0 saturated carbocycles. The maximum absolute atomic E-state index is 12.6. The third kappa shape index (κ3) is 5.16. The van der Waals surface area contributed by atoms with E-state index in [9.17, 15) is 8.42 Å². The maximum atomic E-state index is 12.6. The van der Waals surface area contributed by atoms with Gasteiger partial charge >= 0.3 is 0 Å². The number of hydrogen-bond donors (Lipinski definition) is 1. The van der Waals surface area contributed by atoms with Crippen LogP contribution in [-0.2, 0) is 15.8 Å². The Hall–Kier alpha value is -2.61. The average molecular weight is 463 g/mol. The van der Waals surface area contributed by atoms with Crippen molar-refractivity contribution in [3.05, 3.63) is 83.8 Å². The smallest absolute Gasteiger partial charge is 0.215 e. The summed E-state index contributed by atoms with van der Waals surface area (Å²) in [6.45, 7) is 4.36. The standard InChI is InChI=1S/C26H30N4O2S/c1-19-28-25(21-10-6-3-7-11-21)15-26(29-19)24-17-30-13-12-22(24)14-23(30)16-27-33(31,32)18-20-8-4-2-5-9-20/h2-11,15,22-24,27H,12-14,16-18H2,1H3. The van der Waals surface area contributed by atoms with E-state index < -0.39 is 10.0 Å². The first kappa shape index (κ1) is 22.2. The summed E-state index contributed by atoms with van der Waals surface area (Å²) in [6, 6.07) is 22.0. The molecule has 6 rings (SSSR count). The Kier molecular flexibility index (Phi) is 6.27. The summed E-state index contributed by atoms with van der Waals surface area (Å²) < 4.78 is 28.1. The third-order valence-corrected chi connectivity index (χ3v) is 8.24. The molecule has 4 unspecified atom stereocenters. The Bertz CT molecular complexity index is 1200. The highest BCUT2D eigenvalue weighted by molar-refractivity contribution is 7.88. The molecule has 4 atom stereocenters. The molecular weight excluding hydrogens is 432 g/mol. The molecule has 7 heteroatoms. The molecule has 33 heavy (non-hydrogen) atoms. The lowest BCUT2D eigenvalue weighted by atomic mass is 9.74. The van der Waals surface area contributed by atoms with Crippen molar-refractivity contribution < 1.29 is 8.42 Å². The predicted octanol–water partition coefficient (Wildman–Crippen LogP) is 3.75.